The van der Waals surface area contributed by atoms with Crippen LogP contribution in [0, 0.1) is 12.8 Å². The summed E-state index contributed by atoms with van der Waals surface area (Å²) in [4.78, 5) is 17.0. The average molecular weight is 492 g/mol. The molecule has 2 saturated heterocycles. The maximum atomic E-state index is 13.2. The first kappa shape index (κ1) is 24.3. The van der Waals surface area contributed by atoms with E-state index in [1.54, 1.807) is 23.5 Å². The molecule has 7 nitrogen and oxygen atoms in total. The van der Waals surface area contributed by atoms with Gasteiger partial charge in [0.2, 0.25) is 10.0 Å². The van der Waals surface area contributed by atoms with Gasteiger partial charge >= 0.3 is 0 Å². The van der Waals surface area contributed by atoms with Gasteiger partial charge in [0.1, 0.15) is 0 Å². The third-order valence-electron chi connectivity index (χ3n) is 6.65. The number of carbonyl (C=O) groups excluding carboxylic acids is 1. The van der Waals surface area contributed by atoms with Crippen molar-refractivity contribution in [3.8, 4) is 0 Å². The lowest BCUT2D eigenvalue weighted by atomic mass is 9.97. The molecule has 0 aliphatic carbocycles. The Morgan fingerprint density at radius 3 is 2.58 bits per heavy atom. The van der Waals surface area contributed by atoms with Gasteiger partial charge in [-0.1, -0.05) is 19.1 Å². The molecule has 0 spiro atoms. The van der Waals surface area contributed by atoms with E-state index in [1.807, 2.05) is 13.0 Å². The van der Waals surface area contributed by atoms with Crippen molar-refractivity contribution in [2.75, 3.05) is 45.9 Å². The second kappa shape index (κ2) is 10.7. The lowest BCUT2D eigenvalue weighted by molar-refractivity contribution is 0.0730. The molecule has 9 heteroatoms. The second-order valence-electron chi connectivity index (χ2n) is 8.95. The van der Waals surface area contributed by atoms with Crippen molar-refractivity contribution >= 4 is 27.3 Å². The van der Waals surface area contributed by atoms with Gasteiger partial charge in [-0.05, 0) is 67.9 Å². The summed E-state index contributed by atoms with van der Waals surface area (Å²) < 4.78 is 32.8. The number of amides is 1. The first-order valence-corrected chi connectivity index (χ1v) is 13.9. The standard InChI is InChI=1S/C24H33N3O4S2/c1-18-7-9-26(10-8-18)22(23-4-3-15-32-23)17-25-24(28)21-16-20(6-5-19(21)2)33(29,30)27-11-13-31-14-12-27/h3-6,15-16,18,22H,7-14,17H2,1-2H3,(H,25,28)/t22-/m1/s1. The van der Waals surface area contributed by atoms with Crippen LogP contribution in [0.1, 0.15) is 46.6 Å². The van der Waals surface area contributed by atoms with Crippen LogP contribution in [0.3, 0.4) is 0 Å². The number of morpholine rings is 1. The van der Waals surface area contributed by atoms with Gasteiger partial charge in [-0.25, -0.2) is 8.42 Å². The Bertz CT molecular complexity index is 1040. The predicted octanol–water partition coefficient (Wildman–Crippen LogP) is 3.28. The number of likely N-dealkylation sites (tertiary alicyclic amines) is 1. The number of hydrogen-bond acceptors (Lipinski definition) is 6. The van der Waals surface area contributed by atoms with E-state index in [0.717, 1.165) is 37.4 Å². The van der Waals surface area contributed by atoms with E-state index in [2.05, 4.69) is 28.6 Å². The minimum Gasteiger partial charge on any atom is -0.379 e. The number of sulfonamides is 1. The average Bonchev–Trinajstić information content (AvgIpc) is 3.35. The fraction of sp³-hybridized carbons (Fsp3) is 0.542. The van der Waals surface area contributed by atoms with E-state index in [9.17, 15) is 13.2 Å². The molecule has 1 aromatic carbocycles. The summed E-state index contributed by atoms with van der Waals surface area (Å²) in [6.45, 7) is 8.09. The highest BCUT2D eigenvalue weighted by molar-refractivity contribution is 7.89. The molecule has 180 valence electrons. The zero-order chi connectivity index (χ0) is 23.4. The molecule has 1 N–H and O–H groups in total. The highest BCUT2D eigenvalue weighted by atomic mass is 32.2. The normalized spacial score (nSPS) is 19.9. The number of rotatable bonds is 7. The Hall–Kier alpha value is -1.78. The smallest absolute Gasteiger partial charge is 0.251 e. The molecule has 0 unspecified atom stereocenters. The fourth-order valence-electron chi connectivity index (χ4n) is 4.46. The molecule has 2 aliphatic heterocycles. The molecule has 2 fully saturated rings. The van der Waals surface area contributed by atoms with Crippen molar-refractivity contribution in [3.05, 3.63) is 51.7 Å². The van der Waals surface area contributed by atoms with E-state index >= 15 is 0 Å². The number of aryl methyl sites for hydroxylation is 1. The van der Waals surface area contributed by atoms with Gasteiger partial charge in [0.05, 0.1) is 24.2 Å². The van der Waals surface area contributed by atoms with Gasteiger partial charge < -0.3 is 10.1 Å². The van der Waals surface area contributed by atoms with Crippen LogP contribution in [0.5, 0.6) is 0 Å². The fourth-order valence-corrected chi connectivity index (χ4v) is 6.75. The zero-order valence-electron chi connectivity index (χ0n) is 19.3. The third kappa shape index (κ3) is 5.66. The van der Waals surface area contributed by atoms with Gasteiger partial charge in [0.25, 0.3) is 5.91 Å². The SMILES string of the molecule is Cc1ccc(S(=O)(=O)N2CCOCC2)cc1C(=O)NC[C@H](c1cccs1)N1CCC(C)CC1. The topological polar surface area (TPSA) is 78.9 Å². The van der Waals surface area contributed by atoms with Crippen molar-refractivity contribution in [1.82, 2.24) is 14.5 Å². The predicted molar refractivity (Wildman–Crippen MR) is 130 cm³/mol. The van der Waals surface area contributed by atoms with Crippen LogP contribution in [-0.2, 0) is 14.8 Å². The Labute approximate surface area is 200 Å². The van der Waals surface area contributed by atoms with Gasteiger partial charge in [0, 0.05) is 30.1 Å². The summed E-state index contributed by atoms with van der Waals surface area (Å²) in [6, 6.07) is 9.11. The van der Waals surface area contributed by atoms with Gasteiger partial charge in [-0.3, -0.25) is 9.69 Å². The summed E-state index contributed by atoms with van der Waals surface area (Å²) in [6.07, 6.45) is 2.33. The maximum absolute atomic E-state index is 13.2. The van der Waals surface area contributed by atoms with Gasteiger partial charge in [-0.2, -0.15) is 4.31 Å². The molecule has 3 heterocycles. The number of carbonyl (C=O) groups is 1. The Kier molecular flexibility index (Phi) is 7.86. The number of thiophene rings is 1. The third-order valence-corrected chi connectivity index (χ3v) is 9.52. The Balaban J connectivity index is 1.49. The van der Waals surface area contributed by atoms with E-state index in [1.165, 1.54) is 15.2 Å². The van der Waals surface area contributed by atoms with Crippen molar-refractivity contribution in [2.24, 2.45) is 5.92 Å². The first-order valence-electron chi connectivity index (χ1n) is 11.6. The number of nitrogens with one attached hydrogen (secondary N) is 1. The lowest BCUT2D eigenvalue weighted by Gasteiger charge is -2.36. The molecule has 1 amide bonds. The molecule has 33 heavy (non-hydrogen) atoms. The van der Waals surface area contributed by atoms with Crippen molar-refractivity contribution in [3.63, 3.8) is 0 Å². The van der Waals surface area contributed by atoms with E-state index in [4.69, 9.17) is 4.74 Å². The minimum atomic E-state index is -3.66. The quantitative estimate of drug-likeness (QED) is 0.643. The van der Waals surface area contributed by atoms with Crippen LogP contribution in [0.15, 0.2) is 40.6 Å². The number of benzene rings is 1. The molecule has 1 aromatic heterocycles. The molecule has 4 rings (SSSR count). The van der Waals surface area contributed by atoms with Crippen molar-refractivity contribution < 1.29 is 17.9 Å². The van der Waals surface area contributed by atoms with E-state index in [0.29, 0.717) is 38.4 Å². The van der Waals surface area contributed by atoms with Crippen LogP contribution in [0.4, 0.5) is 0 Å². The molecule has 2 aliphatic rings. The summed E-state index contributed by atoms with van der Waals surface area (Å²) in [5.41, 5.74) is 1.16. The van der Waals surface area contributed by atoms with Crippen LogP contribution in [0.2, 0.25) is 0 Å². The second-order valence-corrected chi connectivity index (χ2v) is 11.9. The van der Waals surface area contributed by atoms with Crippen LogP contribution in [0.25, 0.3) is 0 Å². The maximum Gasteiger partial charge on any atom is 0.251 e. The molecule has 2 aromatic rings. The molecule has 0 saturated carbocycles. The number of hydrogen-bond donors (Lipinski definition) is 1. The van der Waals surface area contributed by atoms with E-state index in [-0.39, 0.29) is 16.8 Å². The molecule has 0 bridgehead atoms. The first-order chi connectivity index (χ1) is 15.9. The monoisotopic (exact) mass is 491 g/mol. The van der Waals surface area contributed by atoms with Crippen LogP contribution < -0.4 is 5.32 Å². The molecular formula is C24H33N3O4S2. The largest absolute Gasteiger partial charge is 0.379 e. The number of ether oxygens (including phenoxy) is 1. The van der Waals surface area contributed by atoms with Gasteiger partial charge in [-0.15, -0.1) is 11.3 Å². The minimum absolute atomic E-state index is 0.127. The van der Waals surface area contributed by atoms with Crippen LogP contribution in [-0.4, -0.2) is 69.5 Å². The molecule has 0 radical (unpaired) electrons. The summed E-state index contributed by atoms with van der Waals surface area (Å²) in [7, 11) is -3.66. The summed E-state index contributed by atoms with van der Waals surface area (Å²) in [5.74, 6) is 0.497. The molecule has 1 atom stereocenters. The van der Waals surface area contributed by atoms with Crippen molar-refractivity contribution in [1.29, 1.82) is 0 Å². The number of nitrogens with zero attached hydrogens (tertiary/aromatic N) is 2. The zero-order valence-corrected chi connectivity index (χ0v) is 21.0. The van der Waals surface area contributed by atoms with Crippen molar-refractivity contribution in [2.45, 2.75) is 37.6 Å². The lowest BCUT2D eigenvalue weighted by Crippen LogP contribution is -2.42. The number of piperidine rings is 1. The molecular weight excluding hydrogens is 458 g/mol. The summed E-state index contributed by atoms with van der Waals surface area (Å²) in [5, 5.41) is 5.16. The van der Waals surface area contributed by atoms with Crippen LogP contribution >= 0.6 is 11.3 Å². The van der Waals surface area contributed by atoms with E-state index < -0.39 is 10.0 Å². The highest BCUT2D eigenvalue weighted by Gasteiger charge is 2.29. The van der Waals surface area contributed by atoms with Gasteiger partial charge in [0.15, 0.2) is 0 Å². The summed E-state index contributed by atoms with van der Waals surface area (Å²) >= 11 is 1.71. The Morgan fingerprint density at radius 1 is 1.18 bits per heavy atom. The highest BCUT2D eigenvalue weighted by Crippen LogP contribution is 2.29. The Morgan fingerprint density at radius 2 is 1.91 bits per heavy atom.